The van der Waals surface area contributed by atoms with Crippen LogP contribution in [0.1, 0.15) is 46.5 Å². The molecule has 5 heterocycles. The van der Waals surface area contributed by atoms with Gasteiger partial charge in [0.1, 0.15) is 34.5 Å². The number of hydrogen-bond acceptors (Lipinski definition) is 6. The van der Waals surface area contributed by atoms with E-state index in [1.807, 2.05) is 12.1 Å². The second-order valence-corrected chi connectivity index (χ2v) is 15.6. The van der Waals surface area contributed by atoms with Crippen LogP contribution in [0.4, 0.5) is 5.69 Å². The summed E-state index contributed by atoms with van der Waals surface area (Å²) in [5.74, 6) is 2.59. The van der Waals surface area contributed by atoms with Crippen LogP contribution in [0.25, 0.3) is 66.5 Å². The van der Waals surface area contributed by atoms with Gasteiger partial charge >= 0.3 is 0 Å². The molecule has 0 amide bonds. The molecule has 0 saturated carbocycles. The van der Waals surface area contributed by atoms with Crippen LogP contribution >= 0.6 is 0 Å². The normalized spacial score (nSPS) is 19.5. The maximum atomic E-state index is 6.34. The van der Waals surface area contributed by atoms with Gasteiger partial charge in [-0.1, -0.05) is 109 Å². The lowest BCUT2D eigenvalue weighted by atomic mass is 9.91. The van der Waals surface area contributed by atoms with E-state index in [1.54, 1.807) is 0 Å². The van der Waals surface area contributed by atoms with Gasteiger partial charge in [-0.05, 0) is 72.1 Å². The largest absolute Gasteiger partial charge is 0.460 e. The first-order valence-electron chi connectivity index (χ1n) is 20.1. The van der Waals surface area contributed by atoms with Gasteiger partial charge in [-0.2, -0.15) is 4.99 Å². The highest BCUT2D eigenvalue weighted by atomic mass is 16.3. The SMILES string of the molecule is C1=CC2c3ccc4c5ccccc5n(-c5ccccc5)c4c3N(C3=NC(c4ccc5oc6ccccc6c5c4)NC(c4ccc5oc6c(c5c4)C=CCC6)=N3)C2C=C1. The first-order valence-corrected chi connectivity index (χ1v) is 20.1. The van der Waals surface area contributed by atoms with Crippen molar-refractivity contribution in [2.45, 2.75) is 31.0 Å². The Hall–Kier alpha value is -7.38. The van der Waals surface area contributed by atoms with Crippen LogP contribution in [0.5, 0.6) is 0 Å². The second kappa shape index (κ2) is 12.1. The van der Waals surface area contributed by atoms with Crippen molar-refractivity contribution < 1.29 is 8.83 Å². The minimum atomic E-state index is -0.431. The Balaban J connectivity index is 1.06. The number of fused-ring (bicyclic) bond motifs is 13. The summed E-state index contributed by atoms with van der Waals surface area (Å²) in [7, 11) is 0. The molecule has 7 nitrogen and oxygen atoms in total. The molecule has 0 spiro atoms. The number of para-hydroxylation sites is 3. The molecule has 276 valence electrons. The van der Waals surface area contributed by atoms with Crippen LogP contribution in [0.15, 0.2) is 177 Å². The number of anilines is 1. The molecule has 58 heavy (non-hydrogen) atoms. The molecule has 3 aromatic heterocycles. The molecule has 0 saturated heterocycles. The molecule has 7 heteroatoms. The van der Waals surface area contributed by atoms with E-state index in [4.69, 9.17) is 18.8 Å². The van der Waals surface area contributed by atoms with Gasteiger partial charge in [-0.25, -0.2) is 4.99 Å². The maximum Gasteiger partial charge on any atom is 0.230 e. The zero-order chi connectivity index (χ0) is 37.9. The van der Waals surface area contributed by atoms with E-state index >= 15 is 0 Å². The predicted molar refractivity (Wildman–Crippen MR) is 235 cm³/mol. The number of aliphatic imine (C=N–C) groups is 2. The van der Waals surface area contributed by atoms with Gasteiger partial charge in [0.2, 0.25) is 5.96 Å². The van der Waals surface area contributed by atoms with Gasteiger partial charge in [0.25, 0.3) is 0 Å². The smallest absolute Gasteiger partial charge is 0.230 e. The van der Waals surface area contributed by atoms with Crippen molar-refractivity contribution in [3.8, 4) is 5.69 Å². The average molecular weight is 750 g/mol. The van der Waals surface area contributed by atoms with E-state index in [1.165, 1.54) is 21.9 Å². The highest BCUT2D eigenvalue weighted by Crippen LogP contribution is 2.50. The summed E-state index contributed by atoms with van der Waals surface area (Å²) in [4.78, 5) is 13.5. The highest BCUT2D eigenvalue weighted by molar-refractivity contribution is 6.20. The summed E-state index contributed by atoms with van der Waals surface area (Å²) in [5, 5.41) is 9.46. The number of nitrogens with zero attached hydrogens (tertiary/aromatic N) is 4. The van der Waals surface area contributed by atoms with Crippen molar-refractivity contribution in [2.75, 3.05) is 4.90 Å². The standard InChI is InChI=1S/C51H35N5O2/c1-2-12-32(13-3-1)55-41-18-8-4-14-33(41)37-24-25-38-34-15-5-9-19-42(34)56(48(38)47(37)55)51-53-49(30-22-26-45-39(28-30)35-16-6-10-20-43(35)57-45)52-50(54-51)31-23-27-46-40(29-31)36-17-7-11-21-44(36)58-46/h1-10,12-20,22-29,34,42,49H,11,21H2,(H,52,53,54). The quantitative estimate of drug-likeness (QED) is 0.195. The summed E-state index contributed by atoms with van der Waals surface area (Å²) < 4.78 is 15.0. The first kappa shape index (κ1) is 31.8. The van der Waals surface area contributed by atoms with Crippen molar-refractivity contribution in [1.29, 1.82) is 0 Å². The molecule has 13 rings (SSSR count). The molecule has 2 aliphatic heterocycles. The maximum absolute atomic E-state index is 6.34. The van der Waals surface area contributed by atoms with Gasteiger partial charge in [0.15, 0.2) is 0 Å². The second-order valence-electron chi connectivity index (χ2n) is 15.6. The Labute approximate surface area is 333 Å². The number of benzene rings is 6. The number of amidine groups is 1. The van der Waals surface area contributed by atoms with E-state index in [-0.39, 0.29) is 12.0 Å². The fraction of sp³-hybridized carbons (Fsp3) is 0.0980. The van der Waals surface area contributed by atoms with Crippen LogP contribution < -0.4 is 10.2 Å². The number of allylic oxidation sites excluding steroid dienone is 3. The van der Waals surface area contributed by atoms with Crippen LogP contribution in [-0.2, 0) is 6.42 Å². The number of nitrogens with one attached hydrogen (secondary N) is 1. The van der Waals surface area contributed by atoms with Crippen molar-refractivity contribution >= 4 is 78.3 Å². The van der Waals surface area contributed by atoms with E-state index in [9.17, 15) is 0 Å². The van der Waals surface area contributed by atoms with Gasteiger partial charge in [0.05, 0.1) is 22.8 Å². The van der Waals surface area contributed by atoms with Gasteiger partial charge < -0.3 is 23.6 Å². The summed E-state index contributed by atoms with van der Waals surface area (Å²) >= 11 is 0. The van der Waals surface area contributed by atoms with Crippen molar-refractivity contribution in [3.63, 3.8) is 0 Å². The minimum absolute atomic E-state index is 0.0239. The summed E-state index contributed by atoms with van der Waals surface area (Å²) in [6, 6.07) is 45.1. The number of aromatic nitrogens is 1. The molecular formula is C51H35N5O2. The molecule has 0 bridgehead atoms. The Kier molecular flexibility index (Phi) is 6.61. The predicted octanol–water partition coefficient (Wildman–Crippen LogP) is 11.9. The van der Waals surface area contributed by atoms with Gasteiger partial charge in [-0.3, -0.25) is 0 Å². The Morgan fingerprint density at radius 2 is 1.48 bits per heavy atom. The Bertz CT molecular complexity index is 3360. The topological polar surface area (TPSA) is 71.2 Å². The molecule has 3 atom stereocenters. The lowest BCUT2D eigenvalue weighted by Gasteiger charge is -2.32. The third-order valence-corrected chi connectivity index (χ3v) is 12.4. The number of guanidine groups is 1. The van der Waals surface area contributed by atoms with Gasteiger partial charge in [0, 0.05) is 56.1 Å². The third-order valence-electron chi connectivity index (χ3n) is 12.4. The fourth-order valence-corrected chi connectivity index (χ4v) is 9.81. The molecule has 6 aromatic carbocycles. The summed E-state index contributed by atoms with van der Waals surface area (Å²) in [6.07, 6.45) is 14.9. The highest BCUT2D eigenvalue weighted by Gasteiger charge is 2.42. The number of furan rings is 2. The molecule has 3 unspecified atom stereocenters. The third kappa shape index (κ3) is 4.55. The first-order chi connectivity index (χ1) is 28.7. The number of aryl methyl sites for hydroxylation is 1. The van der Waals surface area contributed by atoms with E-state index < -0.39 is 6.17 Å². The Morgan fingerprint density at radius 3 is 2.43 bits per heavy atom. The van der Waals surface area contributed by atoms with Crippen molar-refractivity contribution in [3.05, 3.63) is 186 Å². The minimum Gasteiger partial charge on any atom is -0.460 e. The molecule has 2 aliphatic carbocycles. The molecule has 0 radical (unpaired) electrons. The van der Waals surface area contributed by atoms with Crippen LogP contribution in [0, 0.1) is 0 Å². The van der Waals surface area contributed by atoms with E-state index in [0.717, 1.165) is 90.9 Å². The summed E-state index contributed by atoms with van der Waals surface area (Å²) in [6.45, 7) is 0. The lowest BCUT2D eigenvalue weighted by molar-refractivity contribution is 0.546. The lowest BCUT2D eigenvalue weighted by Crippen LogP contribution is -2.43. The van der Waals surface area contributed by atoms with Crippen LogP contribution in [0.2, 0.25) is 0 Å². The number of hydrogen-bond donors (Lipinski definition) is 1. The molecule has 0 fully saturated rings. The van der Waals surface area contributed by atoms with E-state index in [2.05, 4.69) is 167 Å². The molecule has 4 aliphatic rings. The zero-order valence-electron chi connectivity index (χ0n) is 31.3. The van der Waals surface area contributed by atoms with Crippen LogP contribution in [-0.4, -0.2) is 22.4 Å². The number of rotatable bonds is 3. The summed E-state index contributed by atoms with van der Waals surface area (Å²) in [5.41, 5.74) is 11.6. The molecular weight excluding hydrogens is 715 g/mol. The zero-order valence-corrected chi connectivity index (χ0v) is 31.3. The fourth-order valence-electron chi connectivity index (χ4n) is 9.81. The molecule has 9 aromatic rings. The van der Waals surface area contributed by atoms with Gasteiger partial charge in [-0.15, -0.1) is 0 Å². The van der Waals surface area contributed by atoms with E-state index in [0.29, 0.717) is 5.96 Å². The monoisotopic (exact) mass is 749 g/mol. The van der Waals surface area contributed by atoms with Crippen molar-refractivity contribution in [2.24, 2.45) is 9.98 Å². The average Bonchev–Trinajstić information content (AvgIpc) is 4.04. The Morgan fingerprint density at radius 1 is 0.672 bits per heavy atom. The van der Waals surface area contributed by atoms with Crippen LogP contribution in [0.3, 0.4) is 0 Å². The molecule has 1 N–H and O–H groups in total. The van der Waals surface area contributed by atoms with Crippen molar-refractivity contribution in [1.82, 2.24) is 9.88 Å².